The van der Waals surface area contributed by atoms with E-state index in [-0.39, 0.29) is 5.75 Å². The average molecular weight is 440 g/mol. The Morgan fingerprint density at radius 1 is 1.12 bits per heavy atom. The molecule has 0 saturated carbocycles. The Morgan fingerprint density at radius 3 is 2.38 bits per heavy atom. The van der Waals surface area contributed by atoms with Crippen LogP contribution >= 0.6 is 15.9 Å². The minimum absolute atomic E-state index is 0.265. The molecule has 1 aliphatic rings. The monoisotopic (exact) mass is 439 g/mol. The van der Waals surface area contributed by atoms with Gasteiger partial charge in [-0.25, -0.2) is 8.42 Å². The van der Waals surface area contributed by atoms with E-state index in [1.165, 1.54) is 4.90 Å². The van der Waals surface area contributed by atoms with E-state index in [0.717, 1.165) is 0 Å². The van der Waals surface area contributed by atoms with E-state index < -0.39 is 21.5 Å². The number of fused-ring (bicyclic) bond motifs is 1. The molecule has 0 aliphatic carbocycles. The molecule has 0 atom stereocenters. The summed E-state index contributed by atoms with van der Waals surface area (Å²) in [7, 11) is -2.09. The number of carbonyl (C=O) groups is 1. The fraction of sp³-hybridized carbons (Fsp3) is 0.278. The van der Waals surface area contributed by atoms with E-state index in [9.17, 15) is 13.2 Å². The number of amides is 1. The number of nitrogens with zero attached hydrogens (tertiary/aromatic N) is 1. The summed E-state index contributed by atoms with van der Waals surface area (Å²) in [5.74, 6) is -0.232. The molecule has 3 rings (SSSR count). The first-order chi connectivity index (χ1) is 12.4. The van der Waals surface area contributed by atoms with Gasteiger partial charge < -0.3 is 14.4 Å². The maximum atomic E-state index is 12.5. The van der Waals surface area contributed by atoms with Gasteiger partial charge in [0.2, 0.25) is 5.91 Å². The molecule has 2 aromatic carbocycles. The first-order valence-electron chi connectivity index (χ1n) is 7.96. The third-order valence-corrected chi connectivity index (χ3v) is 6.12. The lowest BCUT2D eigenvalue weighted by atomic mass is 10.2. The number of para-hydroxylation sites is 1. The van der Waals surface area contributed by atoms with Crippen molar-refractivity contribution >= 4 is 37.4 Å². The van der Waals surface area contributed by atoms with Gasteiger partial charge in [-0.15, -0.1) is 0 Å². The second-order valence-corrected chi connectivity index (χ2v) is 8.83. The summed E-state index contributed by atoms with van der Waals surface area (Å²) in [6.07, 6.45) is 0. The van der Waals surface area contributed by atoms with Gasteiger partial charge in [-0.3, -0.25) is 4.79 Å². The first-order valence-corrected chi connectivity index (χ1v) is 10.6. The van der Waals surface area contributed by atoms with Crippen molar-refractivity contribution in [2.45, 2.75) is 5.75 Å². The van der Waals surface area contributed by atoms with Crippen LogP contribution in [-0.4, -0.2) is 40.3 Å². The van der Waals surface area contributed by atoms with Crippen molar-refractivity contribution < 1.29 is 22.7 Å². The molecule has 0 aromatic heterocycles. The molecule has 6 nitrogen and oxygen atoms in total. The third-order valence-electron chi connectivity index (χ3n) is 3.95. The Labute approximate surface area is 160 Å². The van der Waals surface area contributed by atoms with Gasteiger partial charge in [0, 0.05) is 17.2 Å². The molecule has 0 unspecified atom stereocenters. The van der Waals surface area contributed by atoms with Crippen LogP contribution in [0.5, 0.6) is 11.5 Å². The number of rotatable bonds is 5. The van der Waals surface area contributed by atoms with Crippen LogP contribution in [0.25, 0.3) is 0 Å². The fourth-order valence-corrected chi connectivity index (χ4v) is 4.62. The van der Waals surface area contributed by atoms with Gasteiger partial charge in [0.15, 0.2) is 21.3 Å². The smallest absolute Gasteiger partial charge is 0.241 e. The maximum absolute atomic E-state index is 12.5. The quantitative estimate of drug-likeness (QED) is 0.715. The molecule has 0 fully saturated rings. The van der Waals surface area contributed by atoms with E-state index in [1.54, 1.807) is 43.4 Å². The Morgan fingerprint density at radius 2 is 1.73 bits per heavy atom. The molecular formula is C18H18BrNO5S. The highest BCUT2D eigenvalue weighted by Gasteiger charge is 2.24. The highest BCUT2D eigenvalue weighted by atomic mass is 79.9. The standard InChI is InChI=1S/C18H18BrNO5S/c1-20(14-5-3-2-4-6-14)18(21)12-26(22,23)11-13-9-16-17(10-15(13)19)25-8-7-24-16/h2-6,9-10H,7-8,11-12H2,1H3. The minimum atomic E-state index is -3.65. The molecule has 2 aromatic rings. The lowest BCUT2D eigenvalue weighted by Crippen LogP contribution is -2.32. The molecule has 0 N–H and O–H groups in total. The highest BCUT2D eigenvalue weighted by Crippen LogP contribution is 2.36. The average Bonchev–Trinajstić information content (AvgIpc) is 2.61. The zero-order valence-electron chi connectivity index (χ0n) is 14.1. The third kappa shape index (κ3) is 4.37. The van der Waals surface area contributed by atoms with Crippen LogP contribution in [0.15, 0.2) is 46.9 Å². The molecule has 0 saturated heterocycles. The molecule has 0 spiro atoms. The topological polar surface area (TPSA) is 72.9 Å². The predicted molar refractivity (Wildman–Crippen MR) is 102 cm³/mol. The second kappa shape index (κ2) is 7.67. The van der Waals surface area contributed by atoms with Gasteiger partial charge in [0.05, 0.1) is 5.75 Å². The number of sulfone groups is 1. The summed E-state index contributed by atoms with van der Waals surface area (Å²) in [5, 5.41) is 0. The van der Waals surface area contributed by atoms with Crippen molar-refractivity contribution in [3.8, 4) is 11.5 Å². The molecule has 138 valence electrons. The van der Waals surface area contributed by atoms with E-state index >= 15 is 0 Å². The first kappa shape index (κ1) is 18.7. The Kier molecular flexibility index (Phi) is 5.52. The fourth-order valence-electron chi connectivity index (χ4n) is 2.59. The van der Waals surface area contributed by atoms with Crippen molar-refractivity contribution in [2.75, 3.05) is 30.9 Å². The summed E-state index contributed by atoms with van der Waals surface area (Å²) >= 11 is 3.36. The van der Waals surface area contributed by atoms with Gasteiger partial charge >= 0.3 is 0 Å². The number of benzene rings is 2. The van der Waals surface area contributed by atoms with Gasteiger partial charge in [-0.1, -0.05) is 34.1 Å². The zero-order chi connectivity index (χ0) is 18.7. The number of anilines is 1. The van der Waals surface area contributed by atoms with E-state index in [1.807, 2.05) is 6.07 Å². The van der Waals surface area contributed by atoms with E-state index in [4.69, 9.17) is 9.47 Å². The van der Waals surface area contributed by atoms with Crippen LogP contribution in [0, 0.1) is 0 Å². The zero-order valence-corrected chi connectivity index (χ0v) is 16.5. The number of hydrogen-bond acceptors (Lipinski definition) is 5. The van der Waals surface area contributed by atoms with Crippen LogP contribution in [-0.2, 0) is 20.4 Å². The Balaban J connectivity index is 1.74. The molecule has 26 heavy (non-hydrogen) atoms. The van der Waals surface area contributed by atoms with Crippen molar-refractivity contribution in [1.82, 2.24) is 0 Å². The summed E-state index contributed by atoms with van der Waals surface area (Å²) in [5.41, 5.74) is 1.18. The molecular weight excluding hydrogens is 422 g/mol. The minimum Gasteiger partial charge on any atom is -0.486 e. The van der Waals surface area contributed by atoms with Gasteiger partial charge in [0.25, 0.3) is 0 Å². The molecule has 1 aliphatic heterocycles. The van der Waals surface area contributed by atoms with Crippen LogP contribution < -0.4 is 14.4 Å². The lowest BCUT2D eigenvalue weighted by molar-refractivity contribution is -0.115. The highest BCUT2D eigenvalue weighted by molar-refractivity contribution is 9.10. The predicted octanol–water partition coefficient (Wildman–Crippen LogP) is 2.80. The lowest BCUT2D eigenvalue weighted by Gasteiger charge is -2.20. The summed E-state index contributed by atoms with van der Waals surface area (Å²) < 4.78 is 36.6. The molecule has 0 bridgehead atoms. The van der Waals surface area contributed by atoms with Crippen LogP contribution in [0.2, 0.25) is 0 Å². The number of halogens is 1. The summed E-state index contributed by atoms with van der Waals surface area (Å²) in [4.78, 5) is 13.7. The molecule has 1 amide bonds. The Bertz CT molecular complexity index is 915. The van der Waals surface area contributed by atoms with Crippen molar-refractivity contribution in [3.63, 3.8) is 0 Å². The largest absolute Gasteiger partial charge is 0.486 e. The van der Waals surface area contributed by atoms with Crippen molar-refractivity contribution in [1.29, 1.82) is 0 Å². The maximum Gasteiger partial charge on any atom is 0.241 e. The van der Waals surface area contributed by atoms with Gasteiger partial charge in [-0.05, 0) is 29.8 Å². The number of carbonyl (C=O) groups excluding carboxylic acids is 1. The van der Waals surface area contributed by atoms with E-state index in [0.29, 0.717) is 40.4 Å². The van der Waals surface area contributed by atoms with Gasteiger partial charge in [-0.2, -0.15) is 0 Å². The molecule has 8 heteroatoms. The van der Waals surface area contributed by atoms with Gasteiger partial charge in [0.1, 0.15) is 19.0 Å². The SMILES string of the molecule is CN(C(=O)CS(=O)(=O)Cc1cc2c(cc1Br)OCCO2)c1ccccc1. The summed E-state index contributed by atoms with van der Waals surface area (Å²) in [6, 6.07) is 12.3. The van der Waals surface area contributed by atoms with E-state index in [2.05, 4.69) is 15.9 Å². The van der Waals surface area contributed by atoms with Crippen LogP contribution in [0.3, 0.4) is 0 Å². The van der Waals surface area contributed by atoms with Crippen molar-refractivity contribution in [2.24, 2.45) is 0 Å². The summed E-state index contributed by atoms with van der Waals surface area (Å²) in [6.45, 7) is 0.874. The molecule has 1 heterocycles. The van der Waals surface area contributed by atoms with Crippen molar-refractivity contribution in [3.05, 3.63) is 52.5 Å². The molecule has 0 radical (unpaired) electrons. The Hall–Kier alpha value is -2.06. The number of hydrogen-bond donors (Lipinski definition) is 0. The van der Waals surface area contributed by atoms with Crippen LogP contribution in [0.4, 0.5) is 5.69 Å². The van der Waals surface area contributed by atoms with Crippen LogP contribution in [0.1, 0.15) is 5.56 Å². The normalized spacial score (nSPS) is 13.3. The second-order valence-electron chi connectivity index (χ2n) is 5.91. The number of ether oxygens (including phenoxy) is 2.